The van der Waals surface area contributed by atoms with Crippen molar-refractivity contribution in [3.8, 4) is 0 Å². The number of nitrogens with zero attached hydrogens (tertiary/aromatic N) is 4. The van der Waals surface area contributed by atoms with Gasteiger partial charge in [0.1, 0.15) is 12.4 Å². The van der Waals surface area contributed by atoms with Crippen LogP contribution in [0.1, 0.15) is 26.7 Å². The van der Waals surface area contributed by atoms with E-state index in [1.165, 1.54) is 23.0 Å². The van der Waals surface area contributed by atoms with E-state index in [2.05, 4.69) is 29.0 Å². The highest BCUT2D eigenvalue weighted by atomic mass is 19.1. The van der Waals surface area contributed by atoms with Crippen molar-refractivity contribution in [2.24, 2.45) is 11.3 Å². The number of nitrogens with one attached hydrogen (secondary N) is 1. The van der Waals surface area contributed by atoms with Crippen LogP contribution < -0.4 is 10.9 Å². The number of hydrogen-bond acceptors (Lipinski definition) is 5. The highest BCUT2D eigenvalue weighted by Gasteiger charge is 2.29. The first kappa shape index (κ1) is 23.8. The maximum atomic E-state index is 13.5. The molecule has 2 heterocycles. The van der Waals surface area contributed by atoms with Crippen LogP contribution >= 0.6 is 0 Å². The third kappa shape index (κ3) is 5.91. The van der Waals surface area contributed by atoms with Gasteiger partial charge in [-0.3, -0.25) is 19.0 Å². The van der Waals surface area contributed by atoms with Crippen molar-refractivity contribution in [3.05, 3.63) is 40.7 Å². The number of fused-ring (bicyclic) bond motifs is 1. The average Bonchev–Trinajstić information content (AvgIpc) is 2.73. The minimum absolute atomic E-state index is 0.0279. The van der Waals surface area contributed by atoms with Crippen molar-refractivity contribution < 1.29 is 14.0 Å². The molecule has 1 aliphatic rings. The summed E-state index contributed by atoms with van der Waals surface area (Å²) < 4.78 is 14.7. The van der Waals surface area contributed by atoms with E-state index >= 15 is 0 Å². The molecule has 2 aromatic rings. The first-order valence-electron chi connectivity index (χ1n) is 10.9. The first-order valence-corrected chi connectivity index (χ1v) is 10.9. The van der Waals surface area contributed by atoms with E-state index in [9.17, 15) is 18.8 Å². The summed E-state index contributed by atoms with van der Waals surface area (Å²) in [6.45, 7) is 6.47. The van der Waals surface area contributed by atoms with Crippen LogP contribution in [0.2, 0.25) is 0 Å². The Labute approximate surface area is 187 Å². The molecular formula is C23H32FN5O3. The largest absolute Gasteiger partial charge is 0.355 e. The lowest BCUT2D eigenvalue weighted by atomic mass is 9.91. The summed E-state index contributed by atoms with van der Waals surface area (Å²) in [5, 5.41) is 3.20. The van der Waals surface area contributed by atoms with Crippen molar-refractivity contribution in [2.45, 2.75) is 33.2 Å². The van der Waals surface area contributed by atoms with Crippen LogP contribution in [0.15, 0.2) is 29.3 Å². The molecule has 1 aromatic heterocycles. The maximum Gasteiger partial charge on any atom is 0.261 e. The first-order chi connectivity index (χ1) is 15.1. The summed E-state index contributed by atoms with van der Waals surface area (Å²) in [6.07, 6.45) is 2.49. The topological polar surface area (TPSA) is 87.5 Å². The Morgan fingerprint density at radius 2 is 1.94 bits per heavy atom. The van der Waals surface area contributed by atoms with Crippen molar-refractivity contribution in [1.29, 1.82) is 0 Å². The molecule has 0 radical (unpaired) electrons. The summed E-state index contributed by atoms with van der Waals surface area (Å²) in [6, 6.07) is 3.82. The summed E-state index contributed by atoms with van der Waals surface area (Å²) in [5.74, 6) is -0.829. The zero-order chi connectivity index (χ0) is 23.5. The number of rotatable bonds is 7. The number of halogens is 1. The number of carbonyl (C=O) groups excluding carboxylic acids is 2. The molecule has 1 aliphatic heterocycles. The average molecular weight is 446 g/mol. The van der Waals surface area contributed by atoms with E-state index in [1.807, 2.05) is 14.1 Å². The van der Waals surface area contributed by atoms with E-state index in [-0.39, 0.29) is 35.1 Å². The zero-order valence-electron chi connectivity index (χ0n) is 19.2. The van der Waals surface area contributed by atoms with Gasteiger partial charge in [-0.2, -0.15) is 0 Å². The van der Waals surface area contributed by atoms with Gasteiger partial charge in [0.05, 0.1) is 17.2 Å². The minimum Gasteiger partial charge on any atom is -0.355 e. The molecule has 32 heavy (non-hydrogen) atoms. The lowest BCUT2D eigenvalue weighted by molar-refractivity contribution is -0.136. The maximum absolute atomic E-state index is 13.5. The van der Waals surface area contributed by atoms with Crippen molar-refractivity contribution in [2.75, 3.05) is 40.3 Å². The summed E-state index contributed by atoms with van der Waals surface area (Å²) >= 11 is 0. The summed E-state index contributed by atoms with van der Waals surface area (Å²) in [4.78, 5) is 45.8. The van der Waals surface area contributed by atoms with Crippen molar-refractivity contribution in [1.82, 2.24) is 24.7 Å². The monoisotopic (exact) mass is 445 g/mol. The Balaban J connectivity index is 1.53. The number of piperidine rings is 1. The van der Waals surface area contributed by atoms with Gasteiger partial charge in [0, 0.05) is 32.1 Å². The van der Waals surface area contributed by atoms with Gasteiger partial charge in [0.2, 0.25) is 11.8 Å². The zero-order valence-corrected chi connectivity index (χ0v) is 19.2. The second-order valence-electron chi connectivity index (χ2n) is 9.61. The molecule has 1 saturated heterocycles. The normalized spacial score (nSPS) is 15.4. The fourth-order valence-electron chi connectivity index (χ4n) is 4.26. The van der Waals surface area contributed by atoms with Gasteiger partial charge in [-0.05, 0) is 50.6 Å². The standard InChI is InChI=1S/C23H32FN5O3/c1-23(2,14-27(3)4)13-25-21(31)16-7-9-28(10-8-16)20(30)12-29-15-26-19-6-5-17(24)11-18(19)22(29)32/h5-6,11,15-16H,7-10,12-14H2,1-4H3,(H,25,31). The summed E-state index contributed by atoms with van der Waals surface area (Å²) in [5.41, 5.74) is -0.0852. The van der Waals surface area contributed by atoms with Crippen LogP contribution in [-0.4, -0.2) is 71.4 Å². The van der Waals surface area contributed by atoms with Gasteiger partial charge in [-0.1, -0.05) is 13.8 Å². The highest BCUT2D eigenvalue weighted by Crippen LogP contribution is 2.19. The molecule has 8 nitrogen and oxygen atoms in total. The Kier molecular flexibility index (Phi) is 7.28. The van der Waals surface area contributed by atoms with E-state index in [4.69, 9.17) is 0 Å². The van der Waals surface area contributed by atoms with Crippen LogP contribution in [0.4, 0.5) is 4.39 Å². The quantitative estimate of drug-likeness (QED) is 0.698. The number of carbonyl (C=O) groups is 2. The lowest BCUT2D eigenvalue weighted by Crippen LogP contribution is -2.46. The van der Waals surface area contributed by atoms with Crippen LogP contribution in [-0.2, 0) is 16.1 Å². The van der Waals surface area contributed by atoms with Gasteiger partial charge in [-0.15, -0.1) is 0 Å². The number of hydrogen-bond donors (Lipinski definition) is 1. The molecule has 0 saturated carbocycles. The molecule has 2 amide bonds. The van der Waals surface area contributed by atoms with E-state index in [0.29, 0.717) is 38.0 Å². The number of benzene rings is 1. The Morgan fingerprint density at radius 1 is 1.25 bits per heavy atom. The third-order valence-corrected chi connectivity index (χ3v) is 5.80. The van der Waals surface area contributed by atoms with Crippen molar-refractivity contribution in [3.63, 3.8) is 0 Å². The molecule has 1 fully saturated rings. The minimum atomic E-state index is -0.522. The second kappa shape index (κ2) is 9.77. The highest BCUT2D eigenvalue weighted by molar-refractivity contribution is 5.81. The smallest absolute Gasteiger partial charge is 0.261 e. The molecule has 0 bridgehead atoms. The number of amides is 2. The van der Waals surface area contributed by atoms with Gasteiger partial charge in [0.15, 0.2) is 0 Å². The molecule has 1 N–H and O–H groups in total. The number of likely N-dealkylation sites (tertiary alicyclic amines) is 1. The molecule has 9 heteroatoms. The van der Waals surface area contributed by atoms with Gasteiger partial charge >= 0.3 is 0 Å². The van der Waals surface area contributed by atoms with Gasteiger partial charge in [0.25, 0.3) is 5.56 Å². The molecular weight excluding hydrogens is 413 g/mol. The van der Waals surface area contributed by atoms with E-state index in [1.54, 1.807) is 4.90 Å². The van der Waals surface area contributed by atoms with Crippen LogP contribution in [0.25, 0.3) is 10.9 Å². The second-order valence-corrected chi connectivity index (χ2v) is 9.61. The molecule has 0 unspecified atom stereocenters. The fraction of sp³-hybridized carbons (Fsp3) is 0.565. The Bertz CT molecular complexity index is 1040. The molecule has 3 rings (SSSR count). The summed E-state index contributed by atoms with van der Waals surface area (Å²) in [7, 11) is 4.02. The fourth-order valence-corrected chi connectivity index (χ4v) is 4.26. The predicted molar refractivity (Wildman–Crippen MR) is 121 cm³/mol. The third-order valence-electron chi connectivity index (χ3n) is 5.80. The Morgan fingerprint density at radius 3 is 2.59 bits per heavy atom. The van der Waals surface area contributed by atoms with Crippen LogP contribution in [0.5, 0.6) is 0 Å². The SMILES string of the molecule is CN(C)CC(C)(C)CNC(=O)C1CCN(C(=O)Cn2cnc3ccc(F)cc3c2=O)CC1. The van der Waals surface area contributed by atoms with Crippen LogP contribution in [0, 0.1) is 17.2 Å². The van der Waals surface area contributed by atoms with E-state index in [0.717, 1.165) is 12.6 Å². The molecule has 0 atom stereocenters. The van der Waals surface area contributed by atoms with Gasteiger partial charge < -0.3 is 15.1 Å². The van der Waals surface area contributed by atoms with Crippen LogP contribution in [0.3, 0.4) is 0 Å². The van der Waals surface area contributed by atoms with E-state index < -0.39 is 11.4 Å². The lowest BCUT2D eigenvalue weighted by Gasteiger charge is -2.33. The van der Waals surface area contributed by atoms with Crippen molar-refractivity contribution >= 4 is 22.7 Å². The molecule has 0 aliphatic carbocycles. The van der Waals surface area contributed by atoms with Gasteiger partial charge in [-0.25, -0.2) is 9.37 Å². The molecule has 174 valence electrons. The molecule has 0 spiro atoms. The molecule has 1 aromatic carbocycles. The predicted octanol–water partition coefficient (Wildman–Crippen LogP) is 1.48. The Hall–Kier alpha value is -2.81. The number of aromatic nitrogens is 2.